The lowest BCUT2D eigenvalue weighted by Crippen LogP contribution is -1.98. The van der Waals surface area contributed by atoms with Crippen LogP contribution in [0.1, 0.15) is 0 Å². The van der Waals surface area contributed by atoms with Crippen LogP contribution >= 0.6 is 0 Å². The topological polar surface area (TPSA) is 80.0 Å². The first-order valence-electron chi connectivity index (χ1n) is 29.8. The first-order chi connectivity index (χ1) is 43.6. The van der Waals surface area contributed by atoms with Gasteiger partial charge in [0.25, 0.3) is 0 Å². The number of furan rings is 3. The molecule has 0 fully saturated rings. The summed E-state index contributed by atoms with van der Waals surface area (Å²) in [4.78, 5) is 11.0. The van der Waals surface area contributed by atoms with Crippen LogP contribution in [0.4, 0.5) is 0 Å². The molecule has 7 heterocycles. The summed E-state index contributed by atoms with van der Waals surface area (Å²) in [6, 6.07) is 97.1. The lowest BCUT2D eigenvalue weighted by molar-refractivity contribution is 0.669. The molecule has 0 saturated heterocycles. The molecular formula is C80H45N5O3. The average Bonchev–Trinajstić information content (AvgIpc) is 1.69. The number of para-hydroxylation sites is 6. The summed E-state index contributed by atoms with van der Waals surface area (Å²) in [6.45, 7) is 0. The van der Waals surface area contributed by atoms with Gasteiger partial charge in [-0.15, -0.1) is 0 Å². The van der Waals surface area contributed by atoms with Crippen LogP contribution in [0, 0.1) is 0 Å². The van der Waals surface area contributed by atoms with E-state index in [0.717, 1.165) is 155 Å². The van der Waals surface area contributed by atoms with Crippen molar-refractivity contribution in [1.82, 2.24) is 23.7 Å². The Labute approximate surface area is 500 Å². The minimum Gasteiger partial charge on any atom is -0.456 e. The van der Waals surface area contributed by atoms with E-state index in [4.69, 9.17) is 23.2 Å². The Bertz CT molecular complexity index is 6370. The molecule has 0 atom stereocenters. The van der Waals surface area contributed by atoms with Gasteiger partial charge in [-0.3, -0.25) is 0 Å². The minimum absolute atomic E-state index is 0.642. The Kier molecular flexibility index (Phi) is 9.57. The van der Waals surface area contributed by atoms with E-state index >= 15 is 0 Å². The van der Waals surface area contributed by atoms with Crippen molar-refractivity contribution in [3.05, 3.63) is 273 Å². The summed E-state index contributed by atoms with van der Waals surface area (Å²) in [6.07, 6.45) is 0. The first-order valence-corrected chi connectivity index (χ1v) is 29.8. The van der Waals surface area contributed by atoms with Crippen LogP contribution in [0.15, 0.2) is 286 Å². The van der Waals surface area contributed by atoms with E-state index in [-0.39, 0.29) is 0 Å². The predicted octanol–water partition coefficient (Wildman–Crippen LogP) is 21.6. The van der Waals surface area contributed by atoms with Gasteiger partial charge in [0.15, 0.2) is 5.82 Å². The van der Waals surface area contributed by atoms with E-state index in [1.54, 1.807) is 0 Å². The van der Waals surface area contributed by atoms with Crippen LogP contribution in [0.3, 0.4) is 0 Å². The van der Waals surface area contributed by atoms with Crippen LogP contribution in [-0.2, 0) is 0 Å². The average molecular weight is 1120 g/mol. The van der Waals surface area contributed by atoms with Gasteiger partial charge in [-0.1, -0.05) is 140 Å². The number of hydrogen-bond acceptors (Lipinski definition) is 5. The molecule has 408 valence electrons. The second-order valence-electron chi connectivity index (χ2n) is 23.1. The van der Waals surface area contributed by atoms with Gasteiger partial charge in [-0.25, -0.2) is 9.97 Å². The molecule has 0 amide bonds. The van der Waals surface area contributed by atoms with E-state index in [1.807, 2.05) is 24.3 Å². The van der Waals surface area contributed by atoms with Crippen LogP contribution in [0.5, 0.6) is 0 Å². The Morgan fingerprint density at radius 3 is 1.11 bits per heavy atom. The smallest absolute Gasteiger partial charge is 0.160 e. The van der Waals surface area contributed by atoms with E-state index in [0.29, 0.717) is 5.82 Å². The van der Waals surface area contributed by atoms with Crippen molar-refractivity contribution in [1.29, 1.82) is 0 Å². The molecule has 0 spiro atoms. The highest BCUT2D eigenvalue weighted by molar-refractivity contribution is 6.30. The van der Waals surface area contributed by atoms with Gasteiger partial charge in [0.1, 0.15) is 33.5 Å². The fourth-order valence-electron chi connectivity index (χ4n) is 14.7. The predicted molar refractivity (Wildman–Crippen MR) is 361 cm³/mol. The monoisotopic (exact) mass is 1120 g/mol. The molecule has 13 aromatic carbocycles. The second-order valence-corrected chi connectivity index (χ2v) is 23.1. The zero-order valence-corrected chi connectivity index (χ0v) is 46.9. The summed E-state index contributed by atoms with van der Waals surface area (Å²) in [7, 11) is 0. The quantitative estimate of drug-likeness (QED) is 0.166. The third-order valence-electron chi connectivity index (χ3n) is 18.4. The summed E-state index contributed by atoms with van der Waals surface area (Å²) in [5.41, 5.74) is 20.9. The number of aromatic nitrogens is 5. The van der Waals surface area contributed by atoms with Crippen molar-refractivity contribution in [3.63, 3.8) is 0 Å². The number of fused-ring (bicyclic) bond motifs is 22. The number of benzene rings is 13. The van der Waals surface area contributed by atoms with Crippen molar-refractivity contribution in [2.24, 2.45) is 0 Å². The lowest BCUT2D eigenvalue weighted by atomic mass is 9.99. The maximum Gasteiger partial charge on any atom is 0.160 e. The second kappa shape index (κ2) is 17.8. The third kappa shape index (κ3) is 6.62. The lowest BCUT2D eigenvalue weighted by Gasteiger charge is -2.14. The van der Waals surface area contributed by atoms with Crippen LogP contribution in [-0.4, -0.2) is 23.7 Å². The Morgan fingerprint density at radius 1 is 0.227 bits per heavy atom. The Hall–Kier alpha value is -12.0. The Morgan fingerprint density at radius 2 is 0.636 bits per heavy atom. The molecule has 8 nitrogen and oxygen atoms in total. The maximum absolute atomic E-state index is 6.46. The Balaban J connectivity index is 0.749. The fourth-order valence-corrected chi connectivity index (χ4v) is 14.7. The number of hydrogen-bond donors (Lipinski definition) is 0. The molecule has 0 saturated carbocycles. The molecule has 0 bridgehead atoms. The standard InChI is InChI=1S/C80H45N5O3/c1-7-22-61-53(16-1)73-64(38-41-70-76(73)56-19-4-10-25-67(56)86-70)83(61)50-33-28-46(29-34-50)48-32-37-60-59(45-48)79(49-14-13-15-52(44-49)85-63-24-9-3-18-55(63)75-66(85)40-43-72-78(75)58-21-6-12-27-69(58)88-72)82-80(81-60)47-30-35-51(36-31-47)84-62-23-8-2-17-54(62)74-65(84)39-42-71-77(74)57-20-5-11-26-68(57)87-71/h1-45H. The van der Waals surface area contributed by atoms with Gasteiger partial charge in [0.2, 0.25) is 0 Å². The molecule has 0 aliphatic rings. The molecule has 0 unspecified atom stereocenters. The van der Waals surface area contributed by atoms with Crippen LogP contribution < -0.4 is 0 Å². The van der Waals surface area contributed by atoms with Crippen molar-refractivity contribution in [3.8, 4) is 50.8 Å². The maximum atomic E-state index is 6.46. The number of rotatable bonds is 6. The first kappa shape index (κ1) is 47.4. The molecule has 0 radical (unpaired) electrons. The zero-order chi connectivity index (χ0) is 57.3. The van der Waals surface area contributed by atoms with E-state index in [1.165, 1.54) is 32.3 Å². The van der Waals surface area contributed by atoms with E-state index in [2.05, 4.69) is 262 Å². The molecule has 88 heavy (non-hydrogen) atoms. The van der Waals surface area contributed by atoms with Crippen molar-refractivity contribution in [2.45, 2.75) is 0 Å². The number of nitrogens with zero attached hydrogens (tertiary/aromatic N) is 5. The van der Waals surface area contributed by atoms with E-state index < -0.39 is 0 Å². The highest BCUT2D eigenvalue weighted by Crippen LogP contribution is 2.46. The largest absolute Gasteiger partial charge is 0.456 e. The highest BCUT2D eigenvalue weighted by Gasteiger charge is 2.24. The SMILES string of the molecule is c1cc(-c2nc(-c3ccc(-n4c5ccccc5c5c6c(ccc54)oc4ccccc46)cc3)nc3ccc(-c4ccc(-n5c6ccccc6c6c7c(ccc65)oc5ccccc57)cc4)cc23)cc(-n2c3ccccc3c3c4c(ccc32)oc2ccccc24)c1. The van der Waals surface area contributed by atoms with Gasteiger partial charge in [-0.05, 0) is 145 Å². The molecule has 8 heteroatoms. The minimum atomic E-state index is 0.642. The van der Waals surface area contributed by atoms with Gasteiger partial charge in [0, 0.05) is 98.2 Å². The van der Waals surface area contributed by atoms with Crippen molar-refractivity contribution in [2.75, 3.05) is 0 Å². The fraction of sp³-hybridized carbons (Fsp3) is 0. The highest BCUT2D eigenvalue weighted by atomic mass is 16.3. The summed E-state index contributed by atoms with van der Waals surface area (Å²) in [5, 5.41) is 14.8. The summed E-state index contributed by atoms with van der Waals surface area (Å²) < 4.78 is 26.4. The molecule has 20 rings (SSSR count). The summed E-state index contributed by atoms with van der Waals surface area (Å²) in [5.74, 6) is 0.642. The van der Waals surface area contributed by atoms with Gasteiger partial charge in [-0.2, -0.15) is 0 Å². The molecule has 0 aliphatic carbocycles. The molecule has 7 aromatic heterocycles. The zero-order valence-electron chi connectivity index (χ0n) is 46.9. The van der Waals surface area contributed by atoms with Crippen LogP contribution in [0.25, 0.3) is 193 Å². The molecular weight excluding hydrogens is 1080 g/mol. The van der Waals surface area contributed by atoms with E-state index in [9.17, 15) is 0 Å². The van der Waals surface area contributed by atoms with Gasteiger partial charge < -0.3 is 27.0 Å². The van der Waals surface area contributed by atoms with Gasteiger partial charge >= 0.3 is 0 Å². The third-order valence-corrected chi connectivity index (χ3v) is 18.4. The normalized spacial score (nSPS) is 12.3. The molecule has 20 aromatic rings. The van der Waals surface area contributed by atoms with Crippen molar-refractivity contribution < 1.29 is 13.3 Å². The summed E-state index contributed by atoms with van der Waals surface area (Å²) >= 11 is 0. The molecule has 0 N–H and O–H groups in total. The van der Waals surface area contributed by atoms with Crippen LogP contribution in [0.2, 0.25) is 0 Å². The molecule has 0 aliphatic heterocycles. The van der Waals surface area contributed by atoms with Gasteiger partial charge in [0.05, 0.1) is 44.3 Å². The van der Waals surface area contributed by atoms with Crippen molar-refractivity contribution >= 4 is 142 Å².